The number of carbonyl (C=O) groups excluding carboxylic acids is 1. The second kappa shape index (κ2) is 5.89. The van der Waals surface area contributed by atoms with Crippen molar-refractivity contribution in [2.75, 3.05) is 5.75 Å². The molecule has 1 heterocycles. The molecule has 88 valence electrons. The average molecular weight is 238 g/mol. The maximum absolute atomic E-state index is 10.7. The predicted molar refractivity (Wildman–Crippen MR) is 69.5 cm³/mol. The van der Waals surface area contributed by atoms with Gasteiger partial charge in [-0.15, -0.1) is 0 Å². The molecule has 0 saturated carbocycles. The minimum Gasteiger partial charge on any atom is -0.288 e. The van der Waals surface area contributed by atoms with Gasteiger partial charge in [0.15, 0.2) is 5.12 Å². The summed E-state index contributed by atoms with van der Waals surface area (Å²) in [6, 6.07) is 0. The fourth-order valence-electron chi connectivity index (χ4n) is 1.50. The lowest BCUT2D eigenvalue weighted by atomic mass is 10.2. The van der Waals surface area contributed by atoms with Crippen LogP contribution in [0.2, 0.25) is 0 Å². The van der Waals surface area contributed by atoms with Crippen molar-refractivity contribution in [1.82, 2.24) is 9.78 Å². The molecule has 0 unspecified atom stereocenters. The minimum atomic E-state index is 0.183. The zero-order valence-corrected chi connectivity index (χ0v) is 11.1. The fraction of sp³-hybridized carbons (Fsp3) is 0.500. The second-order valence-corrected chi connectivity index (χ2v) is 5.01. The van der Waals surface area contributed by atoms with Crippen LogP contribution in [-0.4, -0.2) is 20.6 Å². The molecule has 0 aromatic carbocycles. The Labute approximate surface area is 101 Å². The van der Waals surface area contributed by atoms with Gasteiger partial charge in [0.25, 0.3) is 0 Å². The van der Waals surface area contributed by atoms with E-state index in [1.54, 1.807) is 6.92 Å². The summed E-state index contributed by atoms with van der Waals surface area (Å²) >= 11 is 1.37. The maximum atomic E-state index is 10.7. The molecule has 16 heavy (non-hydrogen) atoms. The van der Waals surface area contributed by atoms with Gasteiger partial charge in [-0.05, 0) is 20.3 Å². The highest BCUT2D eigenvalue weighted by Crippen LogP contribution is 2.14. The van der Waals surface area contributed by atoms with E-state index in [4.69, 9.17) is 0 Å². The molecular formula is C12H18N2OS. The molecule has 0 amide bonds. The number of rotatable bonds is 4. The number of thioether (sulfide) groups is 1. The van der Waals surface area contributed by atoms with Gasteiger partial charge in [0.05, 0.1) is 5.69 Å². The lowest BCUT2D eigenvalue weighted by Crippen LogP contribution is -1.92. The van der Waals surface area contributed by atoms with Gasteiger partial charge in [-0.25, -0.2) is 0 Å². The van der Waals surface area contributed by atoms with Crippen LogP contribution in [0.5, 0.6) is 0 Å². The highest BCUT2D eigenvalue weighted by atomic mass is 32.2. The van der Waals surface area contributed by atoms with Crippen LogP contribution in [0, 0.1) is 13.8 Å². The Balaban J connectivity index is 2.53. The van der Waals surface area contributed by atoms with Gasteiger partial charge >= 0.3 is 0 Å². The standard InChI is InChI=1S/C12H18N2OS/c1-9-12(10(2)14(4)13-9)7-5-6-8-16-11(3)15/h5,7H,6,8H2,1-4H3. The second-order valence-electron chi connectivity index (χ2n) is 3.74. The monoisotopic (exact) mass is 238 g/mol. The summed E-state index contributed by atoms with van der Waals surface area (Å²) in [6.45, 7) is 5.67. The van der Waals surface area contributed by atoms with Crippen molar-refractivity contribution in [3.8, 4) is 0 Å². The van der Waals surface area contributed by atoms with Gasteiger partial charge in [-0.2, -0.15) is 5.10 Å². The quantitative estimate of drug-likeness (QED) is 0.756. The highest BCUT2D eigenvalue weighted by Gasteiger charge is 2.04. The Hall–Kier alpha value is -1.03. The van der Waals surface area contributed by atoms with E-state index >= 15 is 0 Å². The summed E-state index contributed by atoms with van der Waals surface area (Å²) < 4.78 is 1.89. The first-order valence-electron chi connectivity index (χ1n) is 5.32. The SMILES string of the molecule is CC(=O)SCCC=Cc1c(C)nn(C)c1C. The Bertz CT molecular complexity index is 407. The first-order valence-corrected chi connectivity index (χ1v) is 6.31. The van der Waals surface area contributed by atoms with Crippen LogP contribution in [0.3, 0.4) is 0 Å². The van der Waals surface area contributed by atoms with Crippen molar-refractivity contribution in [3.05, 3.63) is 23.0 Å². The van der Waals surface area contributed by atoms with Crippen molar-refractivity contribution < 1.29 is 4.79 Å². The lowest BCUT2D eigenvalue weighted by Gasteiger charge is -1.95. The molecule has 1 aromatic heterocycles. The summed E-state index contributed by atoms with van der Waals surface area (Å²) in [4.78, 5) is 10.7. The van der Waals surface area contributed by atoms with E-state index in [2.05, 4.69) is 24.2 Å². The molecule has 0 aliphatic heterocycles. The number of carbonyl (C=O) groups is 1. The minimum absolute atomic E-state index is 0.183. The molecular weight excluding hydrogens is 220 g/mol. The van der Waals surface area contributed by atoms with Gasteiger partial charge in [-0.1, -0.05) is 23.9 Å². The third-order valence-corrected chi connectivity index (χ3v) is 3.29. The normalized spacial score (nSPS) is 11.2. The zero-order valence-electron chi connectivity index (χ0n) is 10.3. The molecule has 0 saturated heterocycles. The Kier molecular flexibility index (Phi) is 4.80. The van der Waals surface area contributed by atoms with Crippen molar-refractivity contribution in [1.29, 1.82) is 0 Å². The summed E-state index contributed by atoms with van der Waals surface area (Å²) in [5.74, 6) is 0.851. The van der Waals surface area contributed by atoms with E-state index in [0.717, 1.165) is 17.9 Å². The smallest absolute Gasteiger partial charge is 0.185 e. The third kappa shape index (κ3) is 3.52. The van der Waals surface area contributed by atoms with Crippen LogP contribution >= 0.6 is 11.8 Å². The molecule has 0 radical (unpaired) electrons. The molecule has 0 spiro atoms. The summed E-state index contributed by atoms with van der Waals surface area (Å²) in [6.07, 6.45) is 5.11. The van der Waals surface area contributed by atoms with Crippen LogP contribution in [0.15, 0.2) is 6.08 Å². The molecule has 0 bridgehead atoms. The molecule has 3 nitrogen and oxygen atoms in total. The van der Waals surface area contributed by atoms with E-state index < -0.39 is 0 Å². The van der Waals surface area contributed by atoms with Gasteiger partial charge in [0.2, 0.25) is 0 Å². The summed E-state index contributed by atoms with van der Waals surface area (Å²) in [5.41, 5.74) is 3.42. The lowest BCUT2D eigenvalue weighted by molar-refractivity contribution is -0.109. The first kappa shape index (κ1) is 13.0. The highest BCUT2D eigenvalue weighted by molar-refractivity contribution is 8.13. The molecule has 0 aliphatic carbocycles. The fourth-order valence-corrected chi connectivity index (χ4v) is 2.04. The zero-order chi connectivity index (χ0) is 12.1. The van der Waals surface area contributed by atoms with Gasteiger partial charge < -0.3 is 0 Å². The van der Waals surface area contributed by atoms with Crippen molar-refractivity contribution in [2.45, 2.75) is 27.2 Å². The maximum Gasteiger partial charge on any atom is 0.185 e. The third-order valence-electron chi connectivity index (χ3n) is 2.44. The van der Waals surface area contributed by atoms with E-state index in [-0.39, 0.29) is 5.12 Å². The van der Waals surface area contributed by atoms with Crippen LogP contribution in [0.25, 0.3) is 6.08 Å². The summed E-state index contributed by atoms with van der Waals surface area (Å²) in [7, 11) is 1.95. The van der Waals surface area contributed by atoms with Crippen molar-refractivity contribution in [2.24, 2.45) is 7.05 Å². The molecule has 0 aliphatic rings. The molecule has 0 fully saturated rings. The van der Waals surface area contributed by atoms with Gasteiger partial charge in [-0.3, -0.25) is 9.48 Å². The van der Waals surface area contributed by atoms with Crippen LogP contribution in [-0.2, 0) is 11.8 Å². The molecule has 4 heteroatoms. The van der Waals surface area contributed by atoms with E-state index in [1.165, 1.54) is 23.0 Å². The number of aromatic nitrogens is 2. The molecule has 0 atom stereocenters. The Morgan fingerprint density at radius 1 is 1.50 bits per heavy atom. The predicted octanol–water partition coefficient (Wildman–Crippen LogP) is 2.72. The molecule has 0 N–H and O–H groups in total. The topological polar surface area (TPSA) is 34.9 Å². The van der Waals surface area contributed by atoms with Crippen molar-refractivity contribution >= 4 is 23.0 Å². The van der Waals surface area contributed by atoms with Crippen molar-refractivity contribution in [3.63, 3.8) is 0 Å². The average Bonchev–Trinajstić information content (AvgIpc) is 2.43. The van der Waals surface area contributed by atoms with Crippen LogP contribution in [0.4, 0.5) is 0 Å². The molecule has 1 rings (SSSR count). The first-order chi connectivity index (χ1) is 7.52. The van der Waals surface area contributed by atoms with Crippen LogP contribution in [0.1, 0.15) is 30.3 Å². The molecule has 1 aromatic rings. The Morgan fingerprint density at radius 3 is 2.69 bits per heavy atom. The van der Waals surface area contributed by atoms with E-state index in [0.29, 0.717) is 0 Å². The Morgan fingerprint density at radius 2 is 2.19 bits per heavy atom. The van der Waals surface area contributed by atoms with Crippen LogP contribution < -0.4 is 0 Å². The van der Waals surface area contributed by atoms with Gasteiger partial charge in [0.1, 0.15) is 0 Å². The number of aryl methyl sites for hydroxylation is 2. The largest absolute Gasteiger partial charge is 0.288 e. The number of allylic oxidation sites excluding steroid dienone is 1. The summed E-state index contributed by atoms with van der Waals surface area (Å²) in [5, 5.41) is 4.53. The van der Waals surface area contributed by atoms with E-state index in [9.17, 15) is 4.79 Å². The van der Waals surface area contributed by atoms with Gasteiger partial charge in [0, 0.05) is 31.0 Å². The number of hydrogen-bond acceptors (Lipinski definition) is 3. The number of hydrogen-bond donors (Lipinski definition) is 0. The number of nitrogens with zero attached hydrogens (tertiary/aromatic N) is 2. The van der Waals surface area contributed by atoms with E-state index in [1.807, 2.05) is 18.7 Å².